The minimum atomic E-state index is -2.75. The van der Waals surface area contributed by atoms with Crippen molar-refractivity contribution in [1.82, 2.24) is 0 Å². The van der Waals surface area contributed by atoms with Gasteiger partial charge in [-0.25, -0.2) is 4.79 Å². The molecule has 34 heavy (non-hydrogen) atoms. The zero-order valence-corrected chi connectivity index (χ0v) is 21.8. The maximum atomic E-state index is 12.0. The Morgan fingerprint density at radius 3 is 2.03 bits per heavy atom. The summed E-state index contributed by atoms with van der Waals surface area (Å²) in [6.45, 7) is 8.76. The Bertz CT molecular complexity index is 1100. The van der Waals surface area contributed by atoms with Crippen LogP contribution in [0.5, 0.6) is 5.75 Å². The average Bonchev–Trinajstić information content (AvgIpc) is 2.83. The Hall–Kier alpha value is -3.05. The van der Waals surface area contributed by atoms with Gasteiger partial charge >= 0.3 is 14.5 Å². The first-order chi connectivity index (χ1) is 16.2. The van der Waals surface area contributed by atoms with Gasteiger partial charge in [0, 0.05) is 5.56 Å². The van der Waals surface area contributed by atoms with Crippen molar-refractivity contribution in [2.45, 2.75) is 57.6 Å². The maximum absolute atomic E-state index is 12.0. The molecule has 3 aromatic rings. The molecule has 4 nitrogen and oxygen atoms in total. The van der Waals surface area contributed by atoms with Crippen LogP contribution in [0.1, 0.15) is 51.7 Å². The van der Waals surface area contributed by atoms with Crippen LogP contribution in [0.4, 0.5) is 4.79 Å². The monoisotopic (exact) mass is 474 g/mol. The van der Waals surface area contributed by atoms with Crippen molar-refractivity contribution in [1.29, 1.82) is 0 Å². The smallest absolute Gasteiger partial charge is 0.508 e. The number of fused-ring (bicyclic) bond motifs is 1. The van der Waals surface area contributed by atoms with Crippen molar-refractivity contribution >= 4 is 24.8 Å². The van der Waals surface area contributed by atoms with E-state index in [9.17, 15) is 4.79 Å². The van der Waals surface area contributed by atoms with Crippen LogP contribution in [-0.4, -0.2) is 21.6 Å². The first kappa shape index (κ1) is 24.1. The fourth-order valence-corrected chi connectivity index (χ4v) is 9.65. The predicted molar refractivity (Wildman–Crippen MR) is 138 cm³/mol. The van der Waals surface area contributed by atoms with Gasteiger partial charge in [0.05, 0.1) is 7.11 Å². The highest BCUT2D eigenvalue weighted by atomic mass is 28.4. The third-order valence-electron chi connectivity index (χ3n) is 6.91. The molecule has 0 amide bonds. The van der Waals surface area contributed by atoms with Crippen LogP contribution in [0.3, 0.4) is 0 Å². The lowest BCUT2D eigenvalue weighted by Crippen LogP contribution is -2.68. The summed E-state index contributed by atoms with van der Waals surface area (Å²) in [5.74, 6) is 0.801. The number of carbonyl (C=O) groups excluding carboxylic acids is 1. The summed E-state index contributed by atoms with van der Waals surface area (Å²) in [5, 5.41) is 2.30. The number of hydrogen-bond donors (Lipinski definition) is 0. The van der Waals surface area contributed by atoms with E-state index in [1.54, 1.807) is 0 Å². The Labute approximate surface area is 204 Å². The molecule has 0 aromatic heterocycles. The molecular formula is C29H34O4Si. The third kappa shape index (κ3) is 4.37. The van der Waals surface area contributed by atoms with E-state index in [1.165, 1.54) is 23.0 Å². The lowest BCUT2D eigenvalue weighted by molar-refractivity contribution is -0.0300. The highest BCUT2D eigenvalue weighted by molar-refractivity contribution is 7.00. The van der Waals surface area contributed by atoms with Crippen molar-refractivity contribution in [3.05, 3.63) is 90.0 Å². The summed E-state index contributed by atoms with van der Waals surface area (Å²) < 4.78 is 17.8. The minimum Gasteiger partial charge on any atom is -0.534 e. The number of rotatable bonds is 5. The summed E-state index contributed by atoms with van der Waals surface area (Å²) in [6.07, 6.45) is 2.00. The van der Waals surface area contributed by atoms with Gasteiger partial charge in [-0.05, 0) is 59.3 Å². The van der Waals surface area contributed by atoms with E-state index < -0.39 is 20.1 Å². The predicted octanol–water partition coefficient (Wildman–Crippen LogP) is 5.96. The Balaban J connectivity index is 1.86. The topological polar surface area (TPSA) is 44.8 Å². The van der Waals surface area contributed by atoms with Crippen molar-refractivity contribution in [2.75, 3.05) is 7.11 Å². The molecule has 4 rings (SSSR count). The molecule has 3 aromatic carbocycles. The zero-order chi connectivity index (χ0) is 24.4. The number of carbonyl (C=O) groups is 1. The van der Waals surface area contributed by atoms with Crippen LogP contribution in [0, 0.1) is 0 Å². The molecule has 0 fully saturated rings. The van der Waals surface area contributed by atoms with Gasteiger partial charge < -0.3 is 13.9 Å². The van der Waals surface area contributed by atoms with E-state index in [0.717, 1.165) is 30.6 Å². The number of aryl methyl sites for hydroxylation is 1. The maximum Gasteiger partial charge on any atom is 0.508 e. The molecule has 0 saturated heterocycles. The van der Waals surface area contributed by atoms with Crippen LogP contribution in [0.25, 0.3) is 0 Å². The highest BCUT2D eigenvalue weighted by Crippen LogP contribution is 2.42. The van der Waals surface area contributed by atoms with Crippen molar-refractivity contribution in [2.24, 2.45) is 0 Å². The molecule has 0 spiro atoms. The molecule has 1 atom stereocenters. The summed E-state index contributed by atoms with van der Waals surface area (Å²) in [6, 6.07) is 27.5. The molecule has 0 bridgehead atoms. The normalized spacial score (nSPS) is 18.0. The molecule has 0 aliphatic heterocycles. The van der Waals surface area contributed by atoms with Gasteiger partial charge in [-0.1, -0.05) is 87.5 Å². The summed E-state index contributed by atoms with van der Waals surface area (Å²) in [7, 11) is -1.41. The second-order valence-electron chi connectivity index (χ2n) is 10.2. The summed E-state index contributed by atoms with van der Waals surface area (Å²) in [5.41, 5.74) is 1.44. The molecule has 0 radical (unpaired) electrons. The lowest BCUT2D eigenvalue weighted by atomic mass is 9.80. The van der Waals surface area contributed by atoms with Crippen molar-refractivity contribution in [3.63, 3.8) is 0 Å². The molecule has 0 heterocycles. The van der Waals surface area contributed by atoms with Gasteiger partial charge in [0.2, 0.25) is 0 Å². The zero-order valence-electron chi connectivity index (χ0n) is 20.8. The van der Waals surface area contributed by atoms with Gasteiger partial charge in [-0.2, -0.15) is 0 Å². The van der Waals surface area contributed by atoms with Gasteiger partial charge in [-0.3, -0.25) is 0 Å². The molecule has 5 heteroatoms. The van der Waals surface area contributed by atoms with Crippen LogP contribution in [0.15, 0.2) is 78.9 Å². The third-order valence-corrected chi connectivity index (χ3v) is 11.9. The van der Waals surface area contributed by atoms with Gasteiger partial charge in [0.15, 0.2) is 0 Å². The SMILES string of the molecule is COC(=O)OC1(C)CCCc2ccc(O[Si](c3ccccc3)(c3ccccc3)C(C)(C)C)cc21. The number of ether oxygens (including phenoxy) is 2. The van der Waals surface area contributed by atoms with Crippen LogP contribution >= 0.6 is 0 Å². The quantitative estimate of drug-likeness (QED) is 0.338. The van der Waals surface area contributed by atoms with Crippen molar-refractivity contribution < 1.29 is 18.7 Å². The Morgan fingerprint density at radius 2 is 1.50 bits per heavy atom. The Morgan fingerprint density at radius 1 is 0.912 bits per heavy atom. The second kappa shape index (κ2) is 9.30. The number of hydrogen-bond acceptors (Lipinski definition) is 4. The first-order valence-electron chi connectivity index (χ1n) is 11.9. The van der Waals surface area contributed by atoms with Gasteiger partial charge in [-0.15, -0.1) is 0 Å². The van der Waals surface area contributed by atoms with Crippen LogP contribution in [0.2, 0.25) is 5.04 Å². The van der Waals surface area contributed by atoms with E-state index in [4.69, 9.17) is 13.9 Å². The van der Waals surface area contributed by atoms with Crippen molar-refractivity contribution in [3.8, 4) is 5.75 Å². The highest BCUT2D eigenvalue weighted by Gasteiger charge is 2.52. The first-order valence-corrected chi connectivity index (χ1v) is 13.8. The van der Waals surface area contributed by atoms with Gasteiger partial charge in [0.25, 0.3) is 0 Å². The molecule has 1 unspecified atom stereocenters. The molecular weight excluding hydrogens is 440 g/mol. The van der Waals surface area contributed by atoms with Gasteiger partial charge in [0.1, 0.15) is 11.4 Å². The Kier molecular flexibility index (Phi) is 6.59. The van der Waals surface area contributed by atoms with E-state index in [-0.39, 0.29) is 5.04 Å². The fraction of sp³-hybridized carbons (Fsp3) is 0.345. The molecule has 0 saturated carbocycles. The van der Waals surface area contributed by atoms with E-state index >= 15 is 0 Å². The molecule has 1 aliphatic carbocycles. The molecule has 178 valence electrons. The average molecular weight is 475 g/mol. The fourth-order valence-electron chi connectivity index (χ4n) is 5.24. The van der Waals surface area contributed by atoms with Crippen LogP contribution < -0.4 is 14.8 Å². The second-order valence-corrected chi connectivity index (χ2v) is 14.4. The lowest BCUT2D eigenvalue weighted by Gasteiger charge is -2.43. The standard InChI is InChI=1S/C29H34O4Si/c1-28(2,3)34(24-14-8-6-9-15-24,25-16-10-7-11-17-25)33-23-19-18-22-13-12-20-29(4,26(22)21-23)32-27(30)31-5/h6-11,14-19,21H,12-13,20H2,1-5H3. The number of methoxy groups -OCH3 is 1. The van der Waals surface area contributed by atoms with E-state index in [0.29, 0.717) is 0 Å². The molecule has 0 N–H and O–H groups in total. The summed E-state index contributed by atoms with van der Waals surface area (Å²) in [4.78, 5) is 12.0. The number of benzene rings is 3. The minimum absolute atomic E-state index is 0.141. The summed E-state index contributed by atoms with van der Waals surface area (Å²) >= 11 is 0. The van der Waals surface area contributed by atoms with Crippen LogP contribution in [-0.2, 0) is 21.5 Å². The largest absolute Gasteiger partial charge is 0.534 e. The van der Waals surface area contributed by atoms with E-state index in [1.807, 2.05) is 19.1 Å². The van der Waals surface area contributed by atoms with E-state index in [2.05, 4.69) is 87.5 Å². The molecule has 1 aliphatic rings.